The SMILES string of the molecule is Cc1ccc(S(=O)(=O)N(CC(=O)NCc2ccccc2)c2ccc(F)cc2)cc1. The average Bonchev–Trinajstić information content (AvgIpc) is 2.72. The lowest BCUT2D eigenvalue weighted by Crippen LogP contribution is -2.40. The Balaban J connectivity index is 1.86. The molecule has 1 N–H and O–H groups in total. The van der Waals surface area contributed by atoms with E-state index < -0.39 is 28.3 Å². The third kappa shape index (κ3) is 5.20. The van der Waals surface area contributed by atoms with E-state index in [4.69, 9.17) is 0 Å². The summed E-state index contributed by atoms with van der Waals surface area (Å²) in [5, 5.41) is 2.72. The van der Waals surface area contributed by atoms with Crippen LogP contribution < -0.4 is 9.62 Å². The fraction of sp³-hybridized carbons (Fsp3) is 0.136. The van der Waals surface area contributed by atoms with Crippen molar-refractivity contribution < 1.29 is 17.6 Å². The van der Waals surface area contributed by atoms with Gasteiger partial charge in [0, 0.05) is 6.54 Å². The third-order valence-corrected chi connectivity index (χ3v) is 6.13. The zero-order chi connectivity index (χ0) is 20.9. The number of benzene rings is 3. The van der Waals surface area contributed by atoms with Crippen LogP contribution in [-0.4, -0.2) is 20.9 Å². The van der Waals surface area contributed by atoms with Gasteiger partial charge in [-0.2, -0.15) is 0 Å². The van der Waals surface area contributed by atoms with Gasteiger partial charge in [0.15, 0.2) is 0 Å². The Bertz CT molecular complexity index is 1070. The molecule has 3 rings (SSSR count). The number of carbonyl (C=O) groups excluding carboxylic acids is 1. The first kappa shape index (κ1) is 20.5. The number of amides is 1. The summed E-state index contributed by atoms with van der Waals surface area (Å²) in [6, 6.07) is 20.7. The van der Waals surface area contributed by atoms with Crippen LogP contribution in [0.4, 0.5) is 10.1 Å². The molecule has 0 radical (unpaired) electrons. The van der Waals surface area contributed by atoms with Crippen LogP contribution in [0, 0.1) is 12.7 Å². The smallest absolute Gasteiger partial charge is 0.264 e. The predicted octanol–water partition coefficient (Wildman–Crippen LogP) is 3.65. The molecule has 0 fully saturated rings. The maximum Gasteiger partial charge on any atom is 0.264 e. The maximum absolute atomic E-state index is 13.3. The quantitative estimate of drug-likeness (QED) is 0.644. The van der Waals surface area contributed by atoms with Crippen LogP contribution >= 0.6 is 0 Å². The Morgan fingerprint density at radius 3 is 2.17 bits per heavy atom. The maximum atomic E-state index is 13.3. The lowest BCUT2D eigenvalue weighted by molar-refractivity contribution is -0.119. The van der Waals surface area contributed by atoms with Crippen LogP contribution in [0.5, 0.6) is 0 Å². The van der Waals surface area contributed by atoms with Gasteiger partial charge in [-0.25, -0.2) is 12.8 Å². The monoisotopic (exact) mass is 412 g/mol. The molecule has 5 nitrogen and oxygen atoms in total. The summed E-state index contributed by atoms with van der Waals surface area (Å²) in [6.45, 7) is 1.71. The van der Waals surface area contributed by atoms with E-state index in [9.17, 15) is 17.6 Å². The summed E-state index contributed by atoms with van der Waals surface area (Å²) < 4.78 is 40.7. The number of halogens is 1. The number of hydrogen-bond donors (Lipinski definition) is 1. The van der Waals surface area contributed by atoms with E-state index in [0.717, 1.165) is 27.6 Å². The Labute approximate surface area is 169 Å². The number of nitrogens with one attached hydrogen (secondary N) is 1. The molecule has 150 valence electrons. The van der Waals surface area contributed by atoms with Gasteiger partial charge in [-0.1, -0.05) is 48.0 Å². The molecule has 3 aromatic carbocycles. The molecule has 0 unspecified atom stereocenters. The van der Waals surface area contributed by atoms with Crippen molar-refractivity contribution in [1.82, 2.24) is 5.32 Å². The number of nitrogens with zero attached hydrogens (tertiary/aromatic N) is 1. The number of anilines is 1. The molecule has 3 aromatic rings. The number of carbonyl (C=O) groups is 1. The third-order valence-electron chi connectivity index (χ3n) is 4.34. The topological polar surface area (TPSA) is 66.5 Å². The molecule has 0 heterocycles. The molecule has 0 aliphatic heterocycles. The predicted molar refractivity (Wildman–Crippen MR) is 110 cm³/mol. The van der Waals surface area contributed by atoms with Gasteiger partial charge in [0.1, 0.15) is 12.4 Å². The number of hydrogen-bond acceptors (Lipinski definition) is 3. The first-order valence-electron chi connectivity index (χ1n) is 9.02. The summed E-state index contributed by atoms with van der Waals surface area (Å²) >= 11 is 0. The van der Waals surface area contributed by atoms with E-state index in [1.807, 2.05) is 37.3 Å². The summed E-state index contributed by atoms with van der Waals surface area (Å²) in [4.78, 5) is 12.6. The molecule has 0 saturated carbocycles. The minimum absolute atomic E-state index is 0.0586. The van der Waals surface area contributed by atoms with Crippen LogP contribution in [-0.2, 0) is 21.4 Å². The molecule has 0 saturated heterocycles. The van der Waals surface area contributed by atoms with E-state index in [2.05, 4.69) is 5.32 Å². The standard InChI is InChI=1S/C22H21FN2O3S/c1-17-7-13-21(14-8-17)29(27,28)25(20-11-9-19(23)10-12-20)16-22(26)24-15-18-5-3-2-4-6-18/h2-14H,15-16H2,1H3,(H,24,26). The van der Waals surface area contributed by atoms with E-state index in [1.54, 1.807) is 12.1 Å². The van der Waals surface area contributed by atoms with Crippen molar-refractivity contribution in [3.8, 4) is 0 Å². The highest BCUT2D eigenvalue weighted by molar-refractivity contribution is 7.92. The number of aryl methyl sites for hydroxylation is 1. The molecule has 0 spiro atoms. The highest BCUT2D eigenvalue weighted by atomic mass is 32.2. The molecule has 29 heavy (non-hydrogen) atoms. The van der Waals surface area contributed by atoms with Crippen molar-refractivity contribution in [3.63, 3.8) is 0 Å². The van der Waals surface area contributed by atoms with Gasteiger partial charge in [-0.15, -0.1) is 0 Å². The van der Waals surface area contributed by atoms with Crippen LogP contribution in [0.1, 0.15) is 11.1 Å². The first-order chi connectivity index (χ1) is 13.9. The second-order valence-electron chi connectivity index (χ2n) is 6.56. The molecular weight excluding hydrogens is 391 g/mol. The van der Waals surface area contributed by atoms with Crippen molar-refractivity contribution >= 4 is 21.6 Å². The number of sulfonamides is 1. The van der Waals surface area contributed by atoms with Crippen LogP contribution in [0.15, 0.2) is 83.8 Å². The lowest BCUT2D eigenvalue weighted by atomic mass is 10.2. The molecule has 0 atom stereocenters. The zero-order valence-electron chi connectivity index (χ0n) is 15.9. The molecule has 7 heteroatoms. The summed E-state index contributed by atoms with van der Waals surface area (Å²) in [7, 11) is -4.01. The zero-order valence-corrected chi connectivity index (χ0v) is 16.7. The Morgan fingerprint density at radius 2 is 1.55 bits per heavy atom. The van der Waals surface area contributed by atoms with Gasteiger partial charge >= 0.3 is 0 Å². The minimum Gasteiger partial charge on any atom is -0.350 e. The largest absolute Gasteiger partial charge is 0.350 e. The summed E-state index contributed by atoms with van der Waals surface area (Å²) in [5.74, 6) is -0.955. The van der Waals surface area contributed by atoms with Gasteiger partial charge in [0.25, 0.3) is 10.0 Å². The minimum atomic E-state index is -4.01. The van der Waals surface area contributed by atoms with Crippen LogP contribution in [0.25, 0.3) is 0 Å². The Kier molecular flexibility index (Phi) is 6.29. The molecule has 1 amide bonds. The van der Waals surface area contributed by atoms with E-state index >= 15 is 0 Å². The van der Waals surface area contributed by atoms with Gasteiger partial charge in [0.05, 0.1) is 10.6 Å². The summed E-state index contributed by atoms with van der Waals surface area (Å²) in [5.41, 5.74) is 2.02. The molecular formula is C22H21FN2O3S. The highest BCUT2D eigenvalue weighted by Crippen LogP contribution is 2.24. The fourth-order valence-electron chi connectivity index (χ4n) is 2.74. The van der Waals surface area contributed by atoms with Gasteiger partial charge in [-0.05, 0) is 48.9 Å². The Morgan fingerprint density at radius 1 is 0.931 bits per heavy atom. The molecule has 0 aliphatic carbocycles. The van der Waals surface area contributed by atoms with Gasteiger partial charge in [0.2, 0.25) is 5.91 Å². The van der Waals surface area contributed by atoms with E-state index in [0.29, 0.717) is 0 Å². The normalized spacial score (nSPS) is 11.1. The van der Waals surface area contributed by atoms with Crippen LogP contribution in [0.3, 0.4) is 0 Å². The van der Waals surface area contributed by atoms with Crippen molar-refractivity contribution in [1.29, 1.82) is 0 Å². The molecule has 0 bridgehead atoms. The van der Waals surface area contributed by atoms with Crippen molar-refractivity contribution in [3.05, 3.63) is 95.8 Å². The lowest BCUT2D eigenvalue weighted by Gasteiger charge is -2.24. The van der Waals surface area contributed by atoms with Crippen molar-refractivity contribution in [2.24, 2.45) is 0 Å². The van der Waals surface area contributed by atoms with Crippen molar-refractivity contribution in [2.45, 2.75) is 18.4 Å². The van der Waals surface area contributed by atoms with E-state index in [-0.39, 0.29) is 17.1 Å². The van der Waals surface area contributed by atoms with Crippen LogP contribution in [0.2, 0.25) is 0 Å². The van der Waals surface area contributed by atoms with E-state index in [1.165, 1.54) is 24.3 Å². The van der Waals surface area contributed by atoms with Gasteiger partial charge < -0.3 is 5.32 Å². The molecule has 0 aromatic heterocycles. The average molecular weight is 412 g/mol. The Hall–Kier alpha value is -3.19. The number of rotatable bonds is 7. The van der Waals surface area contributed by atoms with Gasteiger partial charge in [-0.3, -0.25) is 9.10 Å². The first-order valence-corrected chi connectivity index (χ1v) is 10.5. The second-order valence-corrected chi connectivity index (χ2v) is 8.43. The molecule has 0 aliphatic rings. The summed E-state index contributed by atoms with van der Waals surface area (Å²) in [6.07, 6.45) is 0. The fourth-order valence-corrected chi connectivity index (χ4v) is 4.16. The second kappa shape index (κ2) is 8.87. The van der Waals surface area contributed by atoms with Crippen molar-refractivity contribution in [2.75, 3.05) is 10.8 Å². The highest BCUT2D eigenvalue weighted by Gasteiger charge is 2.27.